The zero-order valence-corrected chi connectivity index (χ0v) is 11.5. The highest BCUT2D eigenvalue weighted by Crippen LogP contribution is 2.15. The quantitative estimate of drug-likeness (QED) is 0.768. The predicted molar refractivity (Wildman–Crippen MR) is 82.3 cm³/mol. The molecule has 0 saturated carbocycles. The summed E-state index contributed by atoms with van der Waals surface area (Å²) in [6, 6.07) is 20.0. The maximum absolute atomic E-state index is 5.55. The third kappa shape index (κ3) is 4.51. The number of hydrogen-bond donors (Lipinski definition) is 0. The van der Waals surface area contributed by atoms with E-state index in [9.17, 15) is 0 Å². The summed E-state index contributed by atoms with van der Waals surface area (Å²) >= 11 is 6.77. The average molecular weight is 274 g/mol. The number of hydrogen-bond acceptors (Lipinski definition) is 3. The maximum atomic E-state index is 5.55. The molecule has 0 atom stereocenters. The summed E-state index contributed by atoms with van der Waals surface area (Å²) in [6.45, 7) is 0. The second-order valence-corrected chi connectivity index (χ2v) is 5.45. The molecule has 0 heterocycles. The Morgan fingerprint density at radius 2 is 1.56 bits per heavy atom. The molecule has 18 heavy (non-hydrogen) atoms. The van der Waals surface area contributed by atoms with Gasteiger partial charge >= 0.3 is 0 Å². The monoisotopic (exact) mass is 274 g/mol. The van der Waals surface area contributed by atoms with Crippen LogP contribution in [-0.2, 0) is 6.42 Å². The van der Waals surface area contributed by atoms with Gasteiger partial charge in [-0.25, -0.2) is 0 Å². The van der Waals surface area contributed by atoms with E-state index in [0.29, 0.717) is 4.38 Å². The van der Waals surface area contributed by atoms with E-state index in [4.69, 9.17) is 17.0 Å². The third-order valence-electron chi connectivity index (χ3n) is 2.40. The Bertz CT molecular complexity index is 482. The number of thioether (sulfide) groups is 1. The van der Waals surface area contributed by atoms with Gasteiger partial charge in [-0.05, 0) is 36.3 Å². The van der Waals surface area contributed by atoms with Gasteiger partial charge in [-0.15, -0.1) is 0 Å². The molecule has 0 spiro atoms. The van der Waals surface area contributed by atoms with E-state index in [2.05, 4.69) is 24.3 Å². The first-order valence-corrected chi connectivity index (χ1v) is 7.17. The zero-order chi connectivity index (χ0) is 12.6. The van der Waals surface area contributed by atoms with Gasteiger partial charge in [0, 0.05) is 5.75 Å². The Balaban J connectivity index is 1.73. The van der Waals surface area contributed by atoms with Crippen LogP contribution >= 0.6 is 24.0 Å². The summed E-state index contributed by atoms with van der Waals surface area (Å²) in [5, 5.41) is 0. The first-order valence-electron chi connectivity index (χ1n) is 5.78. The number of thiocarbonyl (C=S) groups is 1. The minimum atomic E-state index is 0.581. The van der Waals surface area contributed by atoms with Crippen molar-refractivity contribution in [1.29, 1.82) is 0 Å². The SMILES string of the molecule is S=C(Oc1ccccc1)SCCc1ccccc1. The Hall–Kier alpha value is -1.32. The van der Waals surface area contributed by atoms with Crippen LogP contribution in [0, 0.1) is 0 Å². The van der Waals surface area contributed by atoms with Crippen LogP contribution in [0.5, 0.6) is 5.75 Å². The van der Waals surface area contributed by atoms with Gasteiger partial charge in [-0.3, -0.25) is 0 Å². The number of rotatable bonds is 4. The summed E-state index contributed by atoms with van der Waals surface area (Å²) in [5.74, 6) is 1.74. The lowest BCUT2D eigenvalue weighted by atomic mass is 10.2. The lowest BCUT2D eigenvalue weighted by molar-refractivity contribution is 0.579. The van der Waals surface area contributed by atoms with E-state index in [1.807, 2.05) is 36.4 Å². The van der Waals surface area contributed by atoms with Gasteiger partial charge in [0.25, 0.3) is 0 Å². The summed E-state index contributed by atoms with van der Waals surface area (Å²) in [4.78, 5) is 0. The topological polar surface area (TPSA) is 9.23 Å². The van der Waals surface area contributed by atoms with Crippen LogP contribution < -0.4 is 4.74 Å². The Labute approximate surface area is 117 Å². The van der Waals surface area contributed by atoms with Gasteiger partial charge in [0.1, 0.15) is 5.75 Å². The Kier molecular flexibility index (Phi) is 5.24. The molecule has 0 fully saturated rings. The predicted octanol–water partition coefficient (Wildman–Crippen LogP) is 4.33. The minimum absolute atomic E-state index is 0.581. The number of ether oxygens (including phenoxy) is 1. The van der Waals surface area contributed by atoms with Gasteiger partial charge in [-0.1, -0.05) is 60.3 Å². The van der Waals surface area contributed by atoms with Gasteiger partial charge in [0.15, 0.2) is 0 Å². The molecule has 0 amide bonds. The highest BCUT2D eigenvalue weighted by atomic mass is 32.2. The van der Waals surface area contributed by atoms with Crippen LogP contribution in [0.15, 0.2) is 60.7 Å². The zero-order valence-electron chi connectivity index (χ0n) is 9.91. The molecule has 0 unspecified atom stereocenters. The summed E-state index contributed by atoms with van der Waals surface area (Å²) < 4.78 is 6.13. The van der Waals surface area contributed by atoms with Gasteiger partial charge in [0.2, 0.25) is 4.38 Å². The fourth-order valence-corrected chi connectivity index (χ4v) is 2.52. The van der Waals surface area contributed by atoms with Crippen LogP contribution in [-0.4, -0.2) is 10.1 Å². The molecule has 1 nitrogen and oxygen atoms in total. The molecule has 0 aromatic heterocycles. The molecular formula is C15H14OS2. The van der Waals surface area contributed by atoms with E-state index in [1.165, 1.54) is 5.56 Å². The van der Waals surface area contributed by atoms with Crippen molar-refractivity contribution in [3.05, 3.63) is 66.2 Å². The summed E-state index contributed by atoms with van der Waals surface area (Å²) in [5.41, 5.74) is 1.33. The van der Waals surface area contributed by atoms with Crippen LogP contribution in [0.3, 0.4) is 0 Å². The number of aryl methyl sites for hydroxylation is 1. The average Bonchev–Trinajstić information content (AvgIpc) is 2.41. The lowest BCUT2D eigenvalue weighted by Gasteiger charge is -2.06. The van der Waals surface area contributed by atoms with Gasteiger partial charge in [-0.2, -0.15) is 0 Å². The number of benzene rings is 2. The van der Waals surface area contributed by atoms with Crippen LogP contribution in [0.4, 0.5) is 0 Å². The van der Waals surface area contributed by atoms with E-state index >= 15 is 0 Å². The normalized spacial score (nSPS) is 10.0. The molecule has 92 valence electrons. The third-order valence-corrected chi connectivity index (χ3v) is 3.56. The van der Waals surface area contributed by atoms with Gasteiger partial charge < -0.3 is 4.74 Å². The van der Waals surface area contributed by atoms with Crippen molar-refractivity contribution in [2.45, 2.75) is 6.42 Å². The summed E-state index contributed by atoms with van der Waals surface area (Å²) in [6.07, 6.45) is 1.00. The number of para-hydroxylation sites is 1. The van der Waals surface area contributed by atoms with E-state index < -0.39 is 0 Å². The molecular weight excluding hydrogens is 260 g/mol. The molecule has 0 bridgehead atoms. The molecule has 0 aliphatic heterocycles. The van der Waals surface area contributed by atoms with E-state index in [0.717, 1.165) is 17.9 Å². The second-order valence-electron chi connectivity index (χ2n) is 3.75. The molecule has 2 aromatic carbocycles. The van der Waals surface area contributed by atoms with Crippen molar-refractivity contribution < 1.29 is 4.74 Å². The molecule has 0 saturated heterocycles. The Morgan fingerprint density at radius 3 is 2.22 bits per heavy atom. The fraction of sp³-hybridized carbons (Fsp3) is 0.133. The fourth-order valence-electron chi connectivity index (χ4n) is 1.51. The van der Waals surface area contributed by atoms with Crippen molar-refractivity contribution in [3.8, 4) is 5.75 Å². The molecule has 2 aromatic rings. The summed E-state index contributed by atoms with van der Waals surface area (Å²) in [7, 11) is 0. The first-order chi connectivity index (χ1) is 8.84. The Morgan fingerprint density at radius 1 is 0.944 bits per heavy atom. The van der Waals surface area contributed by atoms with Gasteiger partial charge in [0.05, 0.1) is 0 Å². The van der Waals surface area contributed by atoms with E-state index in [-0.39, 0.29) is 0 Å². The van der Waals surface area contributed by atoms with Crippen molar-refractivity contribution in [3.63, 3.8) is 0 Å². The van der Waals surface area contributed by atoms with Crippen LogP contribution in [0.2, 0.25) is 0 Å². The van der Waals surface area contributed by atoms with Crippen molar-refractivity contribution in [2.24, 2.45) is 0 Å². The molecule has 0 aliphatic rings. The second kappa shape index (κ2) is 7.19. The standard InChI is InChI=1S/C15H14OS2/c17-15(16-14-9-5-2-6-10-14)18-12-11-13-7-3-1-4-8-13/h1-10H,11-12H2. The smallest absolute Gasteiger partial charge is 0.225 e. The van der Waals surface area contributed by atoms with Crippen LogP contribution in [0.1, 0.15) is 5.56 Å². The molecule has 3 heteroatoms. The van der Waals surface area contributed by atoms with Crippen molar-refractivity contribution >= 4 is 28.4 Å². The van der Waals surface area contributed by atoms with Crippen molar-refractivity contribution in [1.82, 2.24) is 0 Å². The lowest BCUT2D eigenvalue weighted by Crippen LogP contribution is -2.02. The molecule has 2 rings (SSSR count). The molecule has 0 radical (unpaired) electrons. The molecule has 0 N–H and O–H groups in total. The van der Waals surface area contributed by atoms with Crippen molar-refractivity contribution in [2.75, 3.05) is 5.75 Å². The maximum Gasteiger partial charge on any atom is 0.225 e. The highest BCUT2D eigenvalue weighted by Gasteiger charge is 2.01. The first kappa shape index (κ1) is 13.1. The minimum Gasteiger partial charge on any atom is -0.440 e. The van der Waals surface area contributed by atoms with Crippen LogP contribution in [0.25, 0.3) is 0 Å². The highest BCUT2D eigenvalue weighted by molar-refractivity contribution is 8.22. The largest absolute Gasteiger partial charge is 0.440 e. The molecule has 0 aliphatic carbocycles. The van der Waals surface area contributed by atoms with E-state index in [1.54, 1.807) is 11.8 Å².